The summed E-state index contributed by atoms with van der Waals surface area (Å²) in [6.07, 6.45) is 3.18. The number of halogens is 2. The summed E-state index contributed by atoms with van der Waals surface area (Å²) < 4.78 is 1.05. The van der Waals surface area contributed by atoms with Crippen LogP contribution in [0, 0.1) is 0 Å². The fourth-order valence-electron chi connectivity index (χ4n) is 3.66. The molecule has 2 atom stereocenters. The monoisotopic (exact) mass is 469 g/mol. The van der Waals surface area contributed by atoms with Gasteiger partial charge in [0.1, 0.15) is 11.8 Å². The Morgan fingerprint density at radius 3 is 2.45 bits per heavy atom. The molecule has 0 saturated carbocycles. The largest absolute Gasteiger partial charge is 0.507 e. The first-order valence-corrected chi connectivity index (χ1v) is 10.9. The summed E-state index contributed by atoms with van der Waals surface area (Å²) in [5, 5.41) is 16.9. The number of hydrogen-bond donors (Lipinski definition) is 3. The molecule has 3 aromatic carbocycles. The molecule has 4 N–H and O–H groups in total. The zero-order valence-corrected chi connectivity index (χ0v) is 18.4. The summed E-state index contributed by atoms with van der Waals surface area (Å²) in [5.74, 6) is 0.254. The number of nitrogens with two attached hydrogens (primary N) is 1. The number of nitrogens with one attached hydrogen (secondary N) is 1. The molecule has 4 rings (SSSR count). The van der Waals surface area contributed by atoms with Gasteiger partial charge in [-0.3, -0.25) is 0 Å². The Kier molecular flexibility index (Phi) is 5.95. The van der Waals surface area contributed by atoms with Crippen LogP contribution in [0.1, 0.15) is 41.4 Å². The van der Waals surface area contributed by atoms with E-state index in [0.717, 1.165) is 33.3 Å². The number of aryl methyl sites for hydroxylation is 1. The number of quaternary nitrogens is 1. The molecule has 1 heterocycles. The third-order valence-corrected chi connectivity index (χ3v) is 6.07. The summed E-state index contributed by atoms with van der Waals surface area (Å²) in [6.45, 7) is 2.16. The molecular formula is C24H23BrClN2O+. The van der Waals surface area contributed by atoms with Crippen LogP contribution in [0.5, 0.6) is 5.75 Å². The van der Waals surface area contributed by atoms with Gasteiger partial charge >= 0.3 is 0 Å². The molecule has 0 aromatic heterocycles. The number of benzene rings is 3. The highest BCUT2D eigenvalue weighted by Gasteiger charge is 2.29. The van der Waals surface area contributed by atoms with Crippen molar-refractivity contribution in [2.45, 2.75) is 25.6 Å². The topological polar surface area (TPSA) is 48.9 Å². The predicted octanol–water partition coefficient (Wildman–Crippen LogP) is 5.32. The van der Waals surface area contributed by atoms with Crippen LogP contribution in [0.15, 0.2) is 77.3 Å². The van der Waals surface area contributed by atoms with Crippen LogP contribution in [0.3, 0.4) is 0 Å². The van der Waals surface area contributed by atoms with Crippen molar-refractivity contribution < 1.29 is 10.4 Å². The van der Waals surface area contributed by atoms with Gasteiger partial charge in [-0.1, -0.05) is 58.7 Å². The summed E-state index contributed by atoms with van der Waals surface area (Å²) in [7, 11) is 0. The van der Waals surface area contributed by atoms with E-state index < -0.39 is 0 Å². The van der Waals surface area contributed by atoms with Gasteiger partial charge in [-0.2, -0.15) is 0 Å². The van der Waals surface area contributed by atoms with Gasteiger partial charge in [-0.05, 0) is 60.0 Å². The predicted molar refractivity (Wildman–Crippen MR) is 122 cm³/mol. The molecule has 0 aliphatic carbocycles. The standard InChI is InChI=1S/C24H22BrClN2O/c1-2-15-3-5-16(6-4-15)21-14-22(20-13-19(26)11-12-23(20)29)28-24(27-21)17-7-9-18(25)10-8-17/h3-14,22,24,27-29H,2H2,1H3/p+1. The average Bonchev–Trinajstić information content (AvgIpc) is 2.75. The number of phenolic OH excluding ortho intramolecular Hbond substituents is 1. The van der Waals surface area contributed by atoms with Crippen molar-refractivity contribution >= 4 is 33.2 Å². The van der Waals surface area contributed by atoms with Crippen molar-refractivity contribution in [2.75, 3.05) is 0 Å². The van der Waals surface area contributed by atoms with Crippen molar-refractivity contribution in [1.29, 1.82) is 0 Å². The first kappa shape index (κ1) is 20.0. The molecule has 0 fully saturated rings. The molecular weight excluding hydrogens is 448 g/mol. The van der Waals surface area contributed by atoms with Crippen LogP contribution < -0.4 is 10.6 Å². The molecule has 3 aromatic rings. The Morgan fingerprint density at radius 2 is 1.76 bits per heavy atom. The molecule has 0 bridgehead atoms. The van der Waals surface area contributed by atoms with Gasteiger partial charge in [0.25, 0.3) is 0 Å². The maximum absolute atomic E-state index is 10.5. The van der Waals surface area contributed by atoms with E-state index in [4.69, 9.17) is 11.6 Å². The van der Waals surface area contributed by atoms with Gasteiger partial charge in [-0.15, -0.1) is 0 Å². The average molecular weight is 471 g/mol. The summed E-state index contributed by atoms with van der Waals surface area (Å²) in [5.41, 5.74) is 5.46. The minimum absolute atomic E-state index is 0.0114. The van der Waals surface area contributed by atoms with Crippen LogP contribution in [-0.4, -0.2) is 5.11 Å². The second kappa shape index (κ2) is 8.62. The fourth-order valence-corrected chi connectivity index (χ4v) is 4.10. The van der Waals surface area contributed by atoms with Crippen molar-refractivity contribution in [3.8, 4) is 5.75 Å². The van der Waals surface area contributed by atoms with E-state index in [9.17, 15) is 5.11 Å². The highest BCUT2D eigenvalue weighted by atomic mass is 79.9. The van der Waals surface area contributed by atoms with E-state index in [-0.39, 0.29) is 18.0 Å². The maximum Gasteiger partial charge on any atom is 0.186 e. The van der Waals surface area contributed by atoms with Crippen molar-refractivity contribution in [2.24, 2.45) is 0 Å². The highest BCUT2D eigenvalue weighted by molar-refractivity contribution is 9.10. The Bertz CT molecular complexity index is 1030. The van der Waals surface area contributed by atoms with Gasteiger partial charge in [0.05, 0.1) is 5.56 Å². The van der Waals surface area contributed by atoms with Gasteiger partial charge in [-0.25, -0.2) is 0 Å². The molecule has 1 aliphatic heterocycles. The molecule has 0 spiro atoms. The minimum Gasteiger partial charge on any atom is -0.507 e. The Hall–Kier alpha value is -2.27. The van der Waals surface area contributed by atoms with Crippen molar-refractivity contribution in [3.05, 3.63) is 105 Å². The Morgan fingerprint density at radius 1 is 1.03 bits per heavy atom. The first-order chi connectivity index (χ1) is 14.0. The van der Waals surface area contributed by atoms with Gasteiger partial charge in [0.2, 0.25) is 0 Å². The number of hydrogen-bond acceptors (Lipinski definition) is 2. The second-order valence-electron chi connectivity index (χ2n) is 7.23. The third-order valence-electron chi connectivity index (χ3n) is 5.31. The minimum atomic E-state index is -0.0653. The van der Waals surface area contributed by atoms with Crippen LogP contribution >= 0.6 is 27.5 Å². The van der Waals surface area contributed by atoms with Gasteiger partial charge in [0.15, 0.2) is 6.17 Å². The number of phenols is 1. The van der Waals surface area contributed by atoms with Crippen LogP contribution in [0.2, 0.25) is 5.02 Å². The Labute approximate surface area is 184 Å². The summed E-state index contributed by atoms with van der Waals surface area (Å²) in [6, 6.07) is 22.1. The maximum atomic E-state index is 10.5. The molecule has 2 unspecified atom stereocenters. The molecule has 0 amide bonds. The molecule has 148 valence electrons. The first-order valence-electron chi connectivity index (χ1n) is 9.70. The lowest BCUT2D eigenvalue weighted by Gasteiger charge is -2.30. The molecule has 29 heavy (non-hydrogen) atoms. The molecule has 1 aliphatic rings. The zero-order valence-electron chi connectivity index (χ0n) is 16.1. The van der Waals surface area contributed by atoms with Gasteiger partial charge < -0.3 is 15.7 Å². The quantitative estimate of drug-likeness (QED) is 0.483. The van der Waals surface area contributed by atoms with E-state index in [0.29, 0.717) is 5.02 Å². The summed E-state index contributed by atoms with van der Waals surface area (Å²) >= 11 is 9.74. The molecule has 0 saturated heterocycles. The van der Waals surface area contributed by atoms with E-state index in [1.54, 1.807) is 12.1 Å². The summed E-state index contributed by atoms with van der Waals surface area (Å²) in [4.78, 5) is 0. The van der Waals surface area contributed by atoms with E-state index >= 15 is 0 Å². The third kappa shape index (κ3) is 4.50. The Balaban J connectivity index is 1.75. The number of aromatic hydroxyl groups is 1. The smallest absolute Gasteiger partial charge is 0.186 e. The van der Waals surface area contributed by atoms with Gasteiger partial charge in [0, 0.05) is 26.8 Å². The van der Waals surface area contributed by atoms with Crippen molar-refractivity contribution in [3.63, 3.8) is 0 Å². The zero-order chi connectivity index (χ0) is 20.4. The SMILES string of the molecule is CCc1ccc(C2=CC(c3cc(Cl)ccc3O)[NH2+]C(c3ccc(Br)cc3)N2)cc1. The molecule has 0 radical (unpaired) electrons. The normalized spacial score (nSPS) is 18.8. The lowest BCUT2D eigenvalue weighted by molar-refractivity contribution is -0.731. The molecule has 3 nitrogen and oxygen atoms in total. The second-order valence-corrected chi connectivity index (χ2v) is 8.58. The van der Waals surface area contributed by atoms with Crippen LogP contribution in [0.25, 0.3) is 5.70 Å². The lowest BCUT2D eigenvalue weighted by atomic mass is 9.97. The lowest BCUT2D eigenvalue weighted by Crippen LogP contribution is -2.89. The van der Waals surface area contributed by atoms with Crippen molar-refractivity contribution in [1.82, 2.24) is 5.32 Å². The van der Waals surface area contributed by atoms with E-state index in [1.165, 1.54) is 5.56 Å². The van der Waals surface area contributed by atoms with Crippen LogP contribution in [-0.2, 0) is 6.42 Å². The van der Waals surface area contributed by atoms with E-state index in [1.807, 2.05) is 18.2 Å². The van der Waals surface area contributed by atoms with E-state index in [2.05, 4.69) is 76.0 Å². The highest BCUT2D eigenvalue weighted by Crippen LogP contribution is 2.31. The van der Waals surface area contributed by atoms with Crippen LogP contribution in [0.4, 0.5) is 0 Å². The molecule has 5 heteroatoms. The fraction of sp³-hybridized carbons (Fsp3) is 0.167. The number of rotatable bonds is 4.